The summed E-state index contributed by atoms with van der Waals surface area (Å²) in [6, 6.07) is 16.9. The van der Waals surface area contributed by atoms with E-state index in [1.54, 1.807) is 48.4 Å². The molecule has 3 aliphatic rings. The monoisotopic (exact) mass is 573 g/mol. The second-order valence-corrected chi connectivity index (χ2v) is 11.5. The maximum Gasteiger partial charge on any atom is 0.332 e. The van der Waals surface area contributed by atoms with Crippen LogP contribution in [0.1, 0.15) is 56.4 Å². The van der Waals surface area contributed by atoms with Crippen LogP contribution >= 0.6 is 0 Å². The Kier molecular flexibility index (Phi) is 7.62. The van der Waals surface area contributed by atoms with Crippen molar-refractivity contribution in [3.05, 3.63) is 94.6 Å². The molecule has 2 saturated heterocycles. The molecule has 0 saturated carbocycles. The number of methoxy groups -OCH3 is 2. The van der Waals surface area contributed by atoms with E-state index in [9.17, 15) is 18.8 Å². The highest BCUT2D eigenvalue weighted by atomic mass is 19.1. The van der Waals surface area contributed by atoms with Crippen LogP contribution in [0.4, 0.5) is 4.39 Å². The number of fused-ring (bicyclic) bond motifs is 3. The highest BCUT2D eigenvalue weighted by molar-refractivity contribution is 6.00. The SMILES string of the molecule is COCCn1c(C(=O)N2CCCC2)cc2c1CC1CN(C(=O)c3ccccc3)[C@@](Cc3ccc(F)cc3)(C(=O)OC)C21. The van der Waals surface area contributed by atoms with Crippen LogP contribution in [0.3, 0.4) is 0 Å². The molecule has 0 N–H and O–H groups in total. The lowest BCUT2D eigenvalue weighted by Gasteiger charge is -2.40. The molecule has 2 amide bonds. The molecule has 1 aromatic heterocycles. The van der Waals surface area contributed by atoms with Crippen LogP contribution in [-0.2, 0) is 33.7 Å². The minimum Gasteiger partial charge on any atom is -0.467 e. The predicted molar refractivity (Wildman–Crippen MR) is 154 cm³/mol. The average Bonchev–Trinajstić information content (AvgIpc) is 3.79. The van der Waals surface area contributed by atoms with Gasteiger partial charge in [-0.15, -0.1) is 0 Å². The summed E-state index contributed by atoms with van der Waals surface area (Å²) >= 11 is 0. The van der Waals surface area contributed by atoms with Gasteiger partial charge in [0.25, 0.3) is 11.8 Å². The van der Waals surface area contributed by atoms with E-state index in [0.717, 1.165) is 37.2 Å². The van der Waals surface area contributed by atoms with Gasteiger partial charge in [0.2, 0.25) is 0 Å². The molecule has 6 rings (SSSR count). The van der Waals surface area contributed by atoms with Crippen molar-refractivity contribution < 1.29 is 28.2 Å². The molecule has 9 heteroatoms. The molecule has 8 nitrogen and oxygen atoms in total. The van der Waals surface area contributed by atoms with Crippen LogP contribution in [0.5, 0.6) is 0 Å². The van der Waals surface area contributed by atoms with E-state index in [1.165, 1.54) is 19.2 Å². The zero-order chi connectivity index (χ0) is 29.4. The molecular formula is C33H36FN3O5. The molecule has 2 aromatic carbocycles. The summed E-state index contributed by atoms with van der Waals surface area (Å²) < 4.78 is 26.9. The third-order valence-electron chi connectivity index (χ3n) is 9.24. The highest BCUT2D eigenvalue weighted by Crippen LogP contribution is 2.55. The summed E-state index contributed by atoms with van der Waals surface area (Å²) in [5, 5.41) is 0. The number of carbonyl (C=O) groups is 3. The second-order valence-electron chi connectivity index (χ2n) is 11.5. The molecule has 2 fully saturated rings. The number of ether oxygens (including phenoxy) is 2. The Labute approximate surface area is 245 Å². The van der Waals surface area contributed by atoms with Crippen LogP contribution < -0.4 is 0 Å². The minimum atomic E-state index is -1.39. The number of esters is 1. The fourth-order valence-electron chi connectivity index (χ4n) is 7.41. The second kappa shape index (κ2) is 11.4. The van der Waals surface area contributed by atoms with Crippen molar-refractivity contribution in [1.29, 1.82) is 0 Å². The third kappa shape index (κ3) is 4.60. The van der Waals surface area contributed by atoms with Crippen molar-refractivity contribution in [2.45, 2.75) is 43.7 Å². The molecule has 2 unspecified atom stereocenters. The van der Waals surface area contributed by atoms with Crippen molar-refractivity contribution in [1.82, 2.24) is 14.4 Å². The summed E-state index contributed by atoms with van der Waals surface area (Å²) in [6.07, 6.45) is 2.72. The lowest BCUT2D eigenvalue weighted by molar-refractivity contribution is -0.153. The molecule has 2 aliphatic heterocycles. The predicted octanol–water partition coefficient (Wildman–Crippen LogP) is 4.08. The number of halogens is 1. The molecule has 3 heterocycles. The Morgan fingerprint density at radius 1 is 0.976 bits per heavy atom. The molecule has 0 bridgehead atoms. The van der Waals surface area contributed by atoms with Crippen LogP contribution in [0.15, 0.2) is 60.7 Å². The van der Waals surface area contributed by atoms with Gasteiger partial charge in [-0.05, 0) is 66.6 Å². The Balaban J connectivity index is 1.51. The van der Waals surface area contributed by atoms with Crippen LogP contribution in [-0.4, -0.2) is 78.2 Å². The van der Waals surface area contributed by atoms with E-state index in [4.69, 9.17) is 9.47 Å². The van der Waals surface area contributed by atoms with Crippen molar-refractivity contribution in [3.8, 4) is 0 Å². The number of rotatable bonds is 8. The largest absolute Gasteiger partial charge is 0.467 e. The average molecular weight is 574 g/mol. The smallest absolute Gasteiger partial charge is 0.332 e. The number of carbonyl (C=O) groups excluding carboxylic acids is 3. The normalized spacial score (nSPS) is 22.7. The summed E-state index contributed by atoms with van der Waals surface area (Å²) in [5.74, 6) is -1.65. The van der Waals surface area contributed by atoms with Crippen molar-refractivity contribution in [2.75, 3.05) is 40.5 Å². The summed E-state index contributed by atoms with van der Waals surface area (Å²) in [4.78, 5) is 45.6. The standard InChI is InChI=1S/C33H36FN3O5/c1-41-17-16-36-27-18-24-21-37(30(38)23-8-4-3-5-9-23)33(32(40)42-2,20-22-10-12-25(34)13-11-22)29(24)26(27)19-28(36)31(39)35-14-6-7-15-35/h3-5,8-13,19,24,29H,6-7,14-18,20-21H2,1-2H3/t24?,29?,33-/m1/s1. The van der Waals surface area contributed by atoms with Gasteiger partial charge in [0.1, 0.15) is 11.5 Å². The number of benzene rings is 2. The third-order valence-corrected chi connectivity index (χ3v) is 9.24. The quantitative estimate of drug-likeness (QED) is 0.380. The molecule has 3 atom stereocenters. The van der Waals surface area contributed by atoms with E-state index in [-0.39, 0.29) is 30.0 Å². The fourth-order valence-corrected chi connectivity index (χ4v) is 7.41. The Hall–Kier alpha value is -3.98. The van der Waals surface area contributed by atoms with E-state index in [1.807, 2.05) is 17.0 Å². The lowest BCUT2D eigenvalue weighted by Crippen LogP contribution is -2.58. The number of nitrogens with zero attached hydrogens (tertiary/aromatic N) is 3. The number of hydrogen-bond donors (Lipinski definition) is 0. The Morgan fingerprint density at radius 3 is 2.36 bits per heavy atom. The van der Waals surface area contributed by atoms with E-state index < -0.39 is 17.4 Å². The molecule has 0 spiro atoms. The molecule has 220 valence electrons. The first-order valence-corrected chi connectivity index (χ1v) is 14.6. The molecule has 1 aliphatic carbocycles. The topological polar surface area (TPSA) is 81.1 Å². The van der Waals surface area contributed by atoms with E-state index >= 15 is 0 Å². The summed E-state index contributed by atoms with van der Waals surface area (Å²) in [5.41, 5.74) is 2.29. The number of aromatic nitrogens is 1. The maximum absolute atomic E-state index is 14.1. The zero-order valence-electron chi connectivity index (χ0n) is 24.1. The van der Waals surface area contributed by atoms with Gasteiger partial charge < -0.3 is 23.8 Å². The molecule has 0 radical (unpaired) electrons. The Bertz CT molecular complexity index is 1480. The lowest BCUT2D eigenvalue weighted by atomic mass is 9.75. The highest BCUT2D eigenvalue weighted by Gasteiger charge is 2.64. The van der Waals surface area contributed by atoms with Gasteiger partial charge in [-0.3, -0.25) is 9.59 Å². The van der Waals surface area contributed by atoms with Gasteiger partial charge in [-0.25, -0.2) is 9.18 Å². The van der Waals surface area contributed by atoms with Crippen LogP contribution in [0, 0.1) is 11.7 Å². The van der Waals surface area contributed by atoms with Crippen LogP contribution in [0.2, 0.25) is 0 Å². The van der Waals surface area contributed by atoms with Gasteiger partial charge >= 0.3 is 5.97 Å². The maximum atomic E-state index is 14.1. The van der Waals surface area contributed by atoms with Gasteiger partial charge in [-0.2, -0.15) is 0 Å². The van der Waals surface area contributed by atoms with Gasteiger partial charge in [0, 0.05) is 56.9 Å². The zero-order valence-corrected chi connectivity index (χ0v) is 24.1. The summed E-state index contributed by atoms with van der Waals surface area (Å²) in [6.45, 7) is 2.74. The van der Waals surface area contributed by atoms with Gasteiger partial charge in [-0.1, -0.05) is 30.3 Å². The first-order valence-electron chi connectivity index (χ1n) is 14.6. The molecule has 3 aromatic rings. The molecular weight excluding hydrogens is 537 g/mol. The molecule has 42 heavy (non-hydrogen) atoms. The number of amides is 2. The number of hydrogen-bond acceptors (Lipinski definition) is 5. The number of likely N-dealkylation sites (tertiary alicyclic amines) is 2. The fraction of sp³-hybridized carbons (Fsp3) is 0.424. The van der Waals surface area contributed by atoms with Crippen molar-refractivity contribution in [3.63, 3.8) is 0 Å². The first-order chi connectivity index (χ1) is 20.4. The van der Waals surface area contributed by atoms with Crippen molar-refractivity contribution in [2.24, 2.45) is 5.92 Å². The van der Waals surface area contributed by atoms with Crippen molar-refractivity contribution >= 4 is 17.8 Å². The van der Waals surface area contributed by atoms with Gasteiger partial charge in [0.15, 0.2) is 5.54 Å². The van der Waals surface area contributed by atoms with E-state index in [2.05, 4.69) is 4.57 Å². The minimum absolute atomic E-state index is 0.0213. The first kappa shape index (κ1) is 28.2. The summed E-state index contributed by atoms with van der Waals surface area (Å²) in [7, 11) is 2.98. The van der Waals surface area contributed by atoms with Crippen LogP contribution in [0.25, 0.3) is 0 Å². The van der Waals surface area contributed by atoms with E-state index in [0.29, 0.717) is 42.9 Å². The van der Waals surface area contributed by atoms with Gasteiger partial charge in [0.05, 0.1) is 13.7 Å². The Morgan fingerprint density at radius 2 is 1.69 bits per heavy atom.